The molecule has 0 heterocycles. The number of rotatable bonds is 30. The maximum atomic E-state index is 13.0. The van der Waals surface area contributed by atoms with Crippen molar-refractivity contribution in [3.8, 4) is 0 Å². The van der Waals surface area contributed by atoms with E-state index in [-0.39, 0.29) is 45.6 Å². The summed E-state index contributed by atoms with van der Waals surface area (Å²) in [7, 11) is -3.05. The lowest BCUT2D eigenvalue weighted by Crippen LogP contribution is -2.34. The zero-order valence-electron chi connectivity index (χ0n) is 32.2. The molecule has 0 saturated carbocycles. The van der Waals surface area contributed by atoms with E-state index in [2.05, 4.69) is 12.2 Å². The van der Waals surface area contributed by atoms with Crippen LogP contribution >= 0.6 is 7.82 Å². The number of nitrogens with one attached hydrogen (secondary N) is 1. The smallest absolute Gasteiger partial charge is 0.462 e. The van der Waals surface area contributed by atoms with Gasteiger partial charge >= 0.3 is 31.8 Å². The molecule has 0 radical (unpaired) electrons. The minimum atomic E-state index is -4.16. The first-order chi connectivity index (χ1) is 24.9. The highest BCUT2D eigenvalue weighted by molar-refractivity contribution is 7.48. The van der Waals surface area contributed by atoms with Gasteiger partial charge in [-0.3, -0.25) is 28.0 Å². The SMILES string of the molecule is CCCCCCCCCCCCCCCC(=O)OC[C@H](COP(=O)(OC)OCCNC(=O)OC(C)(C)C)OC(=O)CCC(=O)OCc1ccccc1. The number of unbranched alkanes of at least 4 members (excludes halogenated alkanes) is 12. The zero-order valence-corrected chi connectivity index (χ0v) is 33.1. The molecule has 0 saturated heterocycles. The van der Waals surface area contributed by atoms with Crippen molar-refractivity contribution in [3.05, 3.63) is 35.9 Å². The largest absolute Gasteiger partial charge is 0.474 e. The number of benzene rings is 1. The molecular formula is C38H64NO12P. The van der Waals surface area contributed by atoms with Crippen LogP contribution in [-0.4, -0.2) is 69.2 Å². The van der Waals surface area contributed by atoms with Crippen molar-refractivity contribution in [1.82, 2.24) is 5.32 Å². The highest BCUT2D eigenvalue weighted by atomic mass is 31.2. The van der Waals surface area contributed by atoms with Crippen molar-refractivity contribution in [2.75, 3.05) is 33.5 Å². The van der Waals surface area contributed by atoms with Crippen LogP contribution in [0.25, 0.3) is 0 Å². The van der Waals surface area contributed by atoms with E-state index in [0.29, 0.717) is 6.42 Å². The van der Waals surface area contributed by atoms with Gasteiger partial charge in [0.2, 0.25) is 0 Å². The Balaban J connectivity index is 2.52. The highest BCUT2D eigenvalue weighted by Gasteiger charge is 2.29. The Morgan fingerprint density at radius 3 is 1.85 bits per heavy atom. The Morgan fingerprint density at radius 1 is 0.712 bits per heavy atom. The van der Waals surface area contributed by atoms with Gasteiger partial charge in [0.05, 0.1) is 26.1 Å². The number of phosphoric ester groups is 1. The third-order valence-corrected chi connectivity index (χ3v) is 9.06. The lowest BCUT2D eigenvalue weighted by molar-refractivity contribution is -0.162. The molecule has 13 nitrogen and oxygen atoms in total. The molecule has 1 rings (SSSR count). The Labute approximate surface area is 311 Å². The normalized spacial score (nSPS) is 13.1. The van der Waals surface area contributed by atoms with Gasteiger partial charge in [-0.1, -0.05) is 114 Å². The van der Waals surface area contributed by atoms with Gasteiger partial charge in [-0.2, -0.15) is 0 Å². The van der Waals surface area contributed by atoms with Crippen LogP contribution in [0.4, 0.5) is 4.79 Å². The van der Waals surface area contributed by atoms with Crippen LogP contribution in [0, 0.1) is 0 Å². The Kier molecular flexibility index (Phi) is 25.8. The summed E-state index contributed by atoms with van der Waals surface area (Å²) in [6.07, 6.45) is 13.2. The molecule has 1 aromatic carbocycles. The standard InChI is InChI=1S/C38H64NO12P/c1-6-7-8-9-10-11-12-13-14-15-16-17-21-24-34(40)47-30-33(50-36(42)26-25-35(41)46-29-32-22-19-18-20-23-32)31-49-52(44,45-5)48-28-27-39-37(43)51-38(2,3)4/h18-20,22-23,33H,6-17,21,24-31H2,1-5H3,(H,39,43)/t33-,52?/m1/s1. The molecule has 1 aromatic rings. The van der Waals surface area contributed by atoms with Gasteiger partial charge < -0.3 is 24.3 Å². The van der Waals surface area contributed by atoms with Crippen LogP contribution in [0.1, 0.15) is 136 Å². The first kappa shape index (κ1) is 47.0. The van der Waals surface area contributed by atoms with Gasteiger partial charge in [-0.15, -0.1) is 0 Å². The minimum absolute atomic E-state index is 0.0543. The highest BCUT2D eigenvalue weighted by Crippen LogP contribution is 2.48. The fraction of sp³-hybridized carbons (Fsp3) is 0.737. The summed E-state index contributed by atoms with van der Waals surface area (Å²) in [5.74, 6) is -1.82. The van der Waals surface area contributed by atoms with E-state index in [1.807, 2.05) is 30.3 Å². The summed E-state index contributed by atoms with van der Waals surface area (Å²) in [5.41, 5.74) is 0.113. The molecule has 298 valence electrons. The molecule has 0 spiro atoms. The zero-order chi connectivity index (χ0) is 38.5. The molecule has 0 aliphatic rings. The maximum absolute atomic E-state index is 13.0. The number of hydrogen-bond acceptors (Lipinski definition) is 12. The number of alkyl carbamates (subject to hydrolysis) is 1. The second-order valence-corrected chi connectivity index (χ2v) is 15.4. The minimum Gasteiger partial charge on any atom is -0.462 e. The lowest BCUT2D eigenvalue weighted by Gasteiger charge is -2.22. The van der Waals surface area contributed by atoms with Gasteiger partial charge in [-0.05, 0) is 32.8 Å². The second-order valence-electron chi connectivity index (χ2n) is 13.6. The van der Waals surface area contributed by atoms with Crippen LogP contribution in [0.3, 0.4) is 0 Å². The molecule has 0 fully saturated rings. The number of amides is 1. The molecular weight excluding hydrogens is 693 g/mol. The van der Waals surface area contributed by atoms with Crippen molar-refractivity contribution in [1.29, 1.82) is 0 Å². The first-order valence-electron chi connectivity index (χ1n) is 18.8. The average molecular weight is 758 g/mol. The Morgan fingerprint density at radius 2 is 1.27 bits per heavy atom. The quantitative estimate of drug-likeness (QED) is 0.0344. The number of carbonyl (C=O) groups excluding carboxylic acids is 4. The van der Waals surface area contributed by atoms with Crippen molar-refractivity contribution < 1.29 is 56.3 Å². The van der Waals surface area contributed by atoms with Gasteiger partial charge in [0, 0.05) is 20.1 Å². The second kappa shape index (κ2) is 28.5. The third-order valence-electron chi connectivity index (χ3n) is 7.65. The first-order valence-corrected chi connectivity index (χ1v) is 20.3. The van der Waals surface area contributed by atoms with Gasteiger partial charge in [0.1, 0.15) is 18.8 Å². The van der Waals surface area contributed by atoms with E-state index < -0.39 is 50.1 Å². The van der Waals surface area contributed by atoms with E-state index in [9.17, 15) is 23.7 Å². The lowest BCUT2D eigenvalue weighted by atomic mass is 10.0. The number of esters is 3. The van der Waals surface area contributed by atoms with E-state index in [0.717, 1.165) is 31.9 Å². The fourth-order valence-electron chi connectivity index (χ4n) is 4.86. The summed E-state index contributed by atoms with van der Waals surface area (Å²) >= 11 is 0. The molecule has 2 atom stereocenters. The molecule has 1 unspecified atom stereocenters. The molecule has 14 heteroatoms. The van der Waals surface area contributed by atoms with Crippen LogP contribution in [0.2, 0.25) is 0 Å². The number of carbonyl (C=O) groups is 4. The van der Waals surface area contributed by atoms with Gasteiger partial charge in [-0.25, -0.2) is 9.36 Å². The molecule has 0 aliphatic carbocycles. The summed E-state index contributed by atoms with van der Waals surface area (Å²) in [6, 6.07) is 9.12. The van der Waals surface area contributed by atoms with Crippen LogP contribution in [-0.2, 0) is 58.1 Å². The van der Waals surface area contributed by atoms with E-state index >= 15 is 0 Å². The van der Waals surface area contributed by atoms with Crippen LogP contribution in [0.5, 0.6) is 0 Å². The summed E-state index contributed by atoms with van der Waals surface area (Å²) < 4.78 is 49.7. The Bertz CT molecular complexity index is 1170. The molecule has 0 bridgehead atoms. The summed E-state index contributed by atoms with van der Waals surface area (Å²) in [4.78, 5) is 49.2. The van der Waals surface area contributed by atoms with Crippen molar-refractivity contribution in [2.45, 2.75) is 149 Å². The summed E-state index contributed by atoms with van der Waals surface area (Å²) in [5, 5.41) is 2.46. The Hall–Kier alpha value is -2.99. The topological polar surface area (TPSA) is 162 Å². The molecule has 1 amide bonds. The van der Waals surface area contributed by atoms with Crippen molar-refractivity contribution in [2.24, 2.45) is 0 Å². The molecule has 0 aromatic heterocycles. The predicted octanol–water partition coefficient (Wildman–Crippen LogP) is 8.76. The third kappa shape index (κ3) is 26.7. The monoisotopic (exact) mass is 757 g/mol. The van der Waals surface area contributed by atoms with Gasteiger partial charge in [0.25, 0.3) is 0 Å². The van der Waals surface area contributed by atoms with E-state index in [1.54, 1.807) is 20.8 Å². The van der Waals surface area contributed by atoms with Crippen LogP contribution < -0.4 is 5.32 Å². The molecule has 0 aliphatic heterocycles. The predicted molar refractivity (Wildman–Crippen MR) is 197 cm³/mol. The molecule has 1 N–H and O–H groups in total. The average Bonchev–Trinajstić information content (AvgIpc) is 3.11. The van der Waals surface area contributed by atoms with Crippen molar-refractivity contribution in [3.63, 3.8) is 0 Å². The number of ether oxygens (including phenoxy) is 4. The maximum Gasteiger partial charge on any atom is 0.474 e. The number of phosphoric acid groups is 1. The number of hydrogen-bond donors (Lipinski definition) is 1. The van der Waals surface area contributed by atoms with E-state index in [4.69, 9.17) is 32.5 Å². The summed E-state index contributed by atoms with van der Waals surface area (Å²) in [6.45, 7) is 6.29. The van der Waals surface area contributed by atoms with Crippen LogP contribution in [0.15, 0.2) is 30.3 Å². The fourth-order valence-corrected chi connectivity index (χ4v) is 5.81. The van der Waals surface area contributed by atoms with Crippen molar-refractivity contribution >= 4 is 31.8 Å². The van der Waals surface area contributed by atoms with Gasteiger partial charge in [0.15, 0.2) is 6.10 Å². The van der Waals surface area contributed by atoms with E-state index in [1.165, 1.54) is 57.8 Å². The molecule has 52 heavy (non-hydrogen) atoms.